The number of nitrogens with one attached hydrogen (secondary N) is 2. The topological polar surface area (TPSA) is 122 Å². The van der Waals surface area contributed by atoms with Crippen LogP contribution in [0.1, 0.15) is 31.1 Å². The Hall–Kier alpha value is -1.68. The number of sulfonamides is 1. The summed E-state index contributed by atoms with van der Waals surface area (Å²) in [7, 11) is -3.65. The molecule has 1 aromatic carbocycles. The lowest BCUT2D eigenvalue weighted by Crippen LogP contribution is -2.43. The Morgan fingerprint density at radius 1 is 1.23 bits per heavy atom. The van der Waals surface area contributed by atoms with Crippen molar-refractivity contribution in [1.29, 1.82) is 0 Å². The highest BCUT2D eigenvalue weighted by atomic mass is 35.5. The highest BCUT2D eigenvalue weighted by molar-refractivity contribution is 7.89. The molecule has 10 heteroatoms. The van der Waals surface area contributed by atoms with Crippen molar-refractivity contribution in [1.82, 2.24) is 14.9 Å². The van der Waals surface area contributed by atoms with E-state index in [2.05, 4.69) is 10.6 Å². The highest BCUT2D eigenvalue weighted by Gasteiger charge is 2.22. The second-order valence-electron chi connectivity index (χ2n) is 5.50. The van der Waals surface area contributed by atoms with Crippen molar-refractivity contribution < 1.29 is 18.0 Å². The SMILES string of the molecule is CCN(CC)S(=O)(=O)c1cccc(C(=O)NCC(=O)N[C@@H](C)CN)c1.Cl. The van der Waals surface area contributed by atoms with Crippen molar-refractivity contribution >= 4 is 34.2 Å². The van der Waals surface area contributed by atoms with E-state index in [0.29, 0.717) is 19.6 Å². The molecule has 0 radical (unpaired) electrons. The van der Waals surface area contributed by atoms with Gasteiger partial charge < -0.3 is 16.4 Å². The zero-order valence-corrected chi connectivity index (χ0v) is 16.8. The van der Waals surface area contributed by atoms with E-state index in [0.717, 1.165) is 0 Å². The molecule has 1 atom stereocenters. The molecule has 4 N–H and O–H groups in total. The van der Waals surface area contributed by atoms with Gasteiger partial charge in [0.05, 0.1) is 11.4 Å². The molecule has 1 aromatic rings. The third-order valence-corrected chi connectivity index (χ3v) is 5.66. The molecule has 0 aliphatic rings. The summed E-state index contributed by atoms with van der Waals surface area (Å²) in [5.74, 6) is -0.884. The van der Waals surface area contributed by atoms with Crippen LogP contribution in [0.15, 0.2) is 29.2 Å². The summed E-state index contributed by atoms with van der Waals surface area (Å²) in [6.45, 7) is 6.02. The van der Waals surface area contributed by atoms with E-state index < -0.39 is 15.9 Å². The molecule has 0 bridgehead atoms. The normalized spacial score (nSPS) is 12.2. The second-order valence-corrected chi connectivity index (χ2v) is 7.44. The Morgan fingerprint density at radius 2 is 1.85 bits per heavy atom. The van der Waals surface area contributed by atoms with E-state index in [1.807, 2.05) is 0 Å². The largest absolute Gasteiger partial charge is 0.351 e. The Labute approximate surface area is 161 Å². The van der Waals surface area contributed by atoms with Crippen LogP contribution in [0.4, 0.5) is 0 Å². The van der Waals surface area contributed by atoms with Crippen molar-refractivity contribution in [2.24, 2.45) is 5.73 Å². The molecule has 8 nitrogen and oxygen atoms in total. The molecule has 0 unspecified atom stereocenters. The molecule has 0 heterocycles. The summed E-state index contributed by atoms with van der Waals surface area (Å²) in [6, 6.07) is 5.56. The maximum atomic E-state index is 12.5. The number of nitrogens with two attached hydrogens (primary N) is 1. The molecular formula is C16H27ClN4O4S. The number of amides is 2. The first-order valence-electron chi connectivity index (χ1n) is 8.14. The van der Waals surface area contributed by atoms with Gasteiger partial charge in [-0.15, -0.1) is 12.4 Å². The third-order valence-electron chi connectivity index (χ3n) is 3.61. The summed E-state index contributed by atoms with van der Waals surface area (Å²) in [5.41, 5.74) is 5.58. The van der Waals surface area contributed by atoms with Crippen molar-refractivity contribution in [3.8, 4) is 0 Å². The van der Waals surface area contributed by atoms with Crippen molar-refractivity contribution in [3.05, 3.63) is 29.8 Å². The maximum Gasteiger partial charge on any atom is 0.251 e. The average Bonchev–Trinajstić information content (AvgIpc) is 2.60. The van der Waals surface area contributed by atoms with Crippen LogP contribution in [-0.2, 0) is 14.8 Å². The quantitative estimate of drug-likeness (QED) is 0.545. The van der Waals surface area contributed by atoms with Gasteiger partial charge in [0.2, 0.25) is 15.9 Å². The van der Waals surface area contributed by atoms with E-state index in [1.165, 1.54) is 28.6 Å². The highest BCUT2D eigenvalue weighted by Crippen LogP contribution is 2.16. The van der Waals surface area contributed by atoms with Crippen LogP contribution < -0.4 is 16.4 Å². The van der Waals surface area contributed by atoms with Gasteiger partial charge in [0.1, 0.15) is 0 Å². The van der Waals surface area contributed by atoms with Gasteiger partial charge in [0.15, 0.2) is 0 Å². The zero-order valence-electron chi connectivity index (χ0n) is 15.2. The first-order chi connectivity index (χ1) is 11.8. The fourth-order valence-electron chi connectivity index (χ4n) is 2.16. The van der Waals surface area contributed by atoms with Gasteiger partial charge in [0, 0.05) is 31.2 Å². The number of nitrogens with zero attached hydrogens (tertiary/aromatic N) is 1. The molecule has 1 rings (SSSR count). The van der Waals surface area contributed by atoms with Gasteiger partial charge in [0.25, 0.3) is 5.91 Å². The molecule has 0 aromatic heterocycles. The monoisotopic (exact) mass is 406 g/mol. The number of rotatable bonds is 9. The van der Waals surface area contributed by atoms with Gasteiger partial charge in [-0.1, -0.05) is 19.9 Å². The second kappa shape index (κ2) is 11.1. The molecular weight excluding hydrogens is 380 g/mol. The van der Waals surface area contributed by atoms with Gasteiger partial charge in [-0.05, 0) is 25.1 Å². The Morgan fingerprint density at radius 3 is 2.38 bits per heavy atom. The first-order valence-corrected chi connectivity index (χ1v) is 9.58. The van der Waals surface area contributed by atoms with Crippen LogP contribution in [-0.4, -0.2) is 56.8 Å². The third kappa shape index (κ3) is 6.56. The van der Waals surface area contributed by atoms with Crippen molar-refractivity contribution in [2.45, 2.75) is 31.7 Å². The fraction of sp³-hybridized carbons (Fsp3) is 0.500. The lowest BCUT2D eigenvalue weighted by molar-refractivity contribution is -0.120. The Bertz CT molecular complexity index is 708. The molecule has 148 valence electrons. The van der Waals surface area contributed by atoms with Gasteiger partial charge in [-0.3, -0.25) is 9.59 Å². The smallest absolute Gasteiger partial charge is 0.251 e. The fourth-order valence-corrected chi connectivity index (χ4v) is 3.66. The molecule has 0 aliphatic heterocycles. The van der Waals surface area contributed by atoms with E-state index in [9.17, 15) is 18.0 Å². The molecule has 2 amide bonds. The van der Waals surface area contributed by atoms with E-state index in [4.69, 9.17) is 5.73 Å². The predicted octanol–water partition coefficient (Wildman–Crippen LogP) is 0.332. The van der Waals surface area contributed by atoms with Crippen LogP contribution in [0.3, 0.4) is 0 Å². The van der Waals surface area contributed by atoms with Crippen LogP contribution in [0.2, 0.25) is 0 Å². The number of carbonyl (C=O) groups excluding carboxylic acids is 2. The lowest BCUT2D eigenvalue weighted by Gasteiger charge is -2.18. The number of hydrogen-bond acceptors (Lipinski definition) is 5. The zero-order chi connectivity index (χ0) is 19.0. The number of hydrogen-bond donors (Lipinski definition) is 3. The summed E-state index contributed by atoms with van der Waals surface area (Å²) >= 11 is 0. The number of benzene rings is 1. The number of halogens is 1. The Balaban J connectivity index is 0.00000625. The van der Waals surface area contributed by atoms with E-state index in [1.54, 1.807) is 20.8 Å². The van der Waals surface area contributed by atoms with Crippen LogP contribution in [0.5, 0.6) is 0 Å². The van der Waals surface area contributed by atoms with Crippen LogP contribution in [0.25, 0.3) is 0 Å². The average molecular weight is 407 g/mol. The molecule has 0 fully saturated rings. The van der Waals surface area contributed by atoms with Crippen molar-refractivity contribution in [3.63, 3.8) is 0 Å². The molecule has 0 saturated heterocycles. The molecule has 26 heavy (non-hydrogen) atoms. The maximum absolute atomic E-state index is 12.5. The minimum Gasteiger partial charge on any atom is -0.351 e. The molecule has 0 aliphatic carbocycles. The van der Waals surface area contributed by atoms with Crippen molar-refractivity contribution in [2.75, 3.05) is 26.2 Å². The van der Waals surface area contributed by atoms with Gasteiger partial charge in [-0.25, -0.2) is 8.42 Å². The minimum absolute atomic E-state index is 0. The minimum atomic E-state index is -3.65. The summed E-state index contributed by atoms with van der Waals surface area (Å²) in [5, 5.41) is 5.08. The first kappa shape index (κ1) is 24.3. The van der Waals surface area contributed by atoms with Gasteiger partial charge >= 0.3 is 0 Å². The molecule has 0 spiro atoms. The predicted molar refractivity (Wildman–Crippen MR) is 103 cm³/mol. The number of carbonyl (C=O) groups is 2. The lowest BCUT2D eigenvalue weighted by atomic mass is 10.2. The molecule has 0 saturated carbocycles. The van der Waals surface area contributed by atoms with Crippen LogP contribution in [0, 0.1) is 0 Å². The summed E-state index contributed by atoms with van der Waals surface area (Å²) in [4.78, 5) is 23.9. The van der Waals surface area contributed by atoms with Gasteiger partial charge in [-0.2, -0.15) is 4.31 Å². The Kier molecular flexibility index (Phi) is 10.4. The van der Waals surface area contributed by atoms with E-state index in [-0.39, 0.29) is 41.4 Å². The van der Waals surface area contributed by atoms with E-state index >= 15 is 0 Å². The summed E-state index contributed by atoms with van der Waals surface area (Å²) < 4.78 is 26.3. The van der Waals surface area contributed by atoms with Crippen LogP contribution >= 0.6 is 12.4 Å². The summed E-state index contributed by atoms with van der Waals surface area (Å²) in [6.07, 6.45) is 0. The standard InChI is InChI=1S/C16H26N4O4S.ClH/c1-4-20(5-2)25(23,24)14-8-6-7-13(9-14)16(22)18-11-15(21)19-12(3)10-17;/h6-9,12H,4-5,10-11,17H2,1-3H3,(H,18,22)(H,19,21);1H/t12-;/m0./s1.